The van der Waals surface area contributed by atoms with E-state index in [0.717, 1.165) is 0 Å². The molecular formula is C12H15N5O3S. The molecular weight excluding hydrogens is 294 g/mol. The summed E-state index contributed by atoms with van der Waals surface area (Å²) in [5, 5.41) is 3.89. The summed E-state index contributed by atoms with van der Waals surface area (Å²) in [5.41, 5.74) is 11.3. The molecule has 0 aliphatic rings. The van der Waals surface area contributed by atoms with Gasteiger partial charge in [0, 0.05) is 24.0 Å². The second-order valence-corrected chi connectivity index (χ2v) is 5.93. The minimum absolute atomic E-state index is 0.0712. The third-order valence-electron chi connectivity index (χ3n) is 2.79. The molecule has 2 aromatic rings. The SMILES string of the molecule is CCn1cc(S(=O)(=O)Nc2ccc(C(N)=O)cc2)c(N)n1. The molecule has 0 saturated carbocycles. The van der Waals surface area contributed by atoms with E-state index in [0.29, 0.717) is 12.2 Å². The van der Waals surface area contributed by atoms with Crippen molar-refractivity contribution in [2.24, 2.45) is 5.73 Å². The molecule has 5 N–H and O–H groups in total. The predicted molar refractivity (Wildman–Crippen MR) is 78.1 cm³/mol. The summed E-state index contributed by atoms with van der Waals surface area (Å²) in [7, 11) is -3.84. The van der Waals surface area contributed by atoms with Crippen molar-refractivity contribution in [2.45, 2.75) is 18.4 Å². The smallest absolute Gasteiger partial charge is 0.267 e. The van der Waals surface area contributed by atoms with Gasteiger partial charge in [-0.3, -0.25) is 14.2 Å². The summed E-state index contributed by atoms with van der Waals surface area (Å²) in [4.78, 5) is 10.9. The van der Waals surface area contributed by atoms with Gasteiger partial charge in [0.25, 0.3) is 10.0 Å². The highest BCUT2D eigenvalue weighted by atomic mass is 32.2. The molecule has 0 bridgehead atoms. The average molecular weight is 309 g/mol. The number of benzene rings is 1. The second kappa shape index (κ2) is 5.44. The molecule has 21 heavy (non-hydrogen) atoms. The van der Waals surface area contributed by atoms with E-state index in [4.69, 9.17) is 11.5 Å². The summed E-state index contributed by atoms with van der Waals surface area (Å²) in [6, 6.07) is 5.74. The number of aromatic nitrogens is 2. The molecule has 8 nitrogen and oxygen atoms in total. The van der Waals surface area contributed by atoms with E-state index in [2.05, 4.69) is 9.82 Å². The quantitative estimate of drug-likeness (QED) is 0.734. The minimum atomic E-state index is -3.84. The normalized spacial score (nSPS) is 11.3. The first kappa shape index (κ1) is 14.9. The molecule has 0 saturated heterocycles. The predicted octanol–water partition coefficient (Wildman–Crippen LogP) is 0.385. The monoisotopic (exact) mass is 309 g/mol. The van der Waals surface area contributed by atoms with Gasteiger partial charge in [0.15, 0.2) is 5.82 Å². The maximum atomic E-state index is 12.2. The maximum absolute atomic E-state index is 12.2. The van der Waals surface area contributed by atoms with Crippen LogP contribution in [0.15, 0.2) is 35.4 Å². The molecule has 2 rings (SSSR count). The molecule has 0 aliphatic carbocycles. The van der Waals surface area contributed by atoms with Gasteiger partial charge in [-0.05, 0) is 31.2 Å². The number of nitrogens with zero attached hydrogens (tertiary/aromatic N) is 2. The first-order valence-electron chi connectivity index (χ1n) is 6.09. The number of nitrogens with two attached hydrogens (primary N) is 2. The lowest BCUT2D eigenvalue weighted by Gasteiger charge is -2.07. The van der Waals surface area contributed by atoms with Gasteiger partial charge in [-0.15, -0.1) is 0 Å². The van der Waals surface area contributed by atoms with Gasteiger partial charge in [-0.2, -0.15) is 5.10 Å². The molecule has 9 heteroatoms. The van der Waals surface area contributed by atoms with Gasteiger partial charge >= 0.3 is 0 Å². The number of rotatable bonds is 5. The van der Waals surface area contributed by atoms with E-state index in [1.165, 1.54) is 35.1 Å². The van der Waals surface area contributed by atoms with Gasteiger partial charge in [-0.25, -0.2) is 8.42 Å². The first-order chi connectivity index (χ1) is 9.83. The van der Waals surface area contributed by atoms with E-state index in [9.17, 15) is 13.2 Å². The van der Waals surface area contributed by atoms with E-state index >= 15 is 0 Å². The van der Waals surface area contributed by atoms with Crippen molar-refractivity contribution in [2.75, 3.05) is 10.5 Å². The van der Waals surface area contributed by atoms with Gasteiger partial charge in [0.2, 0.25) is 5.91 Å². The lowest BCUT2D eigenvalue weighted by molar-refractivity contribution is 0.100. The highest BCUT2D eigenvalue weighted by Gasteiger charge is 2.21. The Morgan fingerprint density at radius 3 is 2.43 bits per heavy atom. The van der Waals surface area contributed by atoms with Crippen molar-refractivity contribution in [1.29, 1.82) is 0 Å². The van der Waals surface area contributed by atoms with E-state index in [1.54, 1.807) is 0 Å². The lowest BCUT2D eigenvalue weighted by atomic mass is 10.2. The van der Waals surface area contributed by atoms with E-state index in [1.807, 2.05) is 6.92 Å². The van der Waals surface area contributed by atoms with Gasteiger partial charge in [0.1, 0.15) is 4.90 Å². The van der Waals surface area contributed by atoms with Crippen LogP contribution in [0.25, 0.3) is 0 Å². The fraction of sp³-hybridized carbons (Fsp3) is 0.167. The van der Waals surface area contributed by atoms with Crippen molar-refractivity contribution in [3.63, 3.8) is 0 Å². The van der Waals surface area contributed by atoms with Gasteiger partial charge in [0.05, 0.1) is 0 Å². The summed E-state index contributed by atoms with van der Waals surface area (Å²) in [6.07, 6.45) is 1.36. The van der Waals surface area contributed by atoms with Crippen LogP contribution in [0.1, 0.15) is 17.3 Å². The molecule has 0 unspecified atom stereocenters. The third kappa shape index (κ3) is 3.14. The Morgan fingerprint density at radius 1 is 1.33 bits per heavy atom. The number of hydrogen-bond donors (Lipinski definition) is 3. The van der Waals surface area contributed by atoms with Crippen LogP contribution in [0.3, 0.4) is 0 Å². The number of amides is 1. The van der Waals surface area contributed by atoms with Crippen LogP contribution in [0.5, 0.6) is 0 Å². The van der Waals surface area contributed by atoms with E-state index in [-0.39, 0.29) is 16.3 Å². The Morgan fingerprint density at radius 2 is 1.95 bits per heavy atom. The molecule has 1 aromatic carbocycles. The zero-order chi connectivity index (χ0) is 15.6. The van der Waals surface area contributed by atoms with Crippen LogP contribution in [0.2, 0.25) is 0 Å². The van der Waals surface area contributed by atoms with Crippen LogP contribution in [-0.4, -0.2) is 24.1 Å². The van der Waals surface area contributed by atoms with Crippen molar-refractivity contribution >= 4 is 27.4 Å². The summed E-state index contributed by atoms with van der Waals surface area (Å²) in [5.74, 6) is -0.657. The topological polar surface area (TPSA) is 133 Å². The Bertz CT molecular complexity index is 765. The molecule has 0 fully saturated rings. The van der Waals surface area contributed by atoms with E-state index < -0.39 is 15.9 Å². The molecule has 1 aromatic heterocycles. The number of sulfonamides is 1. The summed E-state index contributed by atoms with van der Waals surface area (Å²) < 4.78 is 28.3. The molecule has 1 heterocycles. The molecule has 0 atom stereocenters. The minimum Gasteiger partial charge on any atom is -0.381 e. The number of carbonyl (C=O) groups is 1. The zero-order valence-electron chi connectivity index (χ0n) is 11.3. The molecule has 112 valence electrons. The van der Waals surface area contributed by atoms with Crippen LogP contribution in [0.4, 0.5) is 11.5 Å². The molecule has 1 amide bonds. The number of nitrogens with one attached hydrogen (secondary N) is 1. The lowest BCUT2D eigenvalue weighted by Crippen LogP contribution is -2.14. The third-order valence-corrected chi connectivity index (χ3v) is 4.19. The molecule has 0 aliphatic heterocycles. The summed E-state index contributed by atoms with van der Waals surface area (Å²) >= 11 is 0. The van der Waals surface area contributed by atoms with Gasteiger partial charge in [-0.1, -0.05) is 0 Å². The van der Waals surface area contributed by atoms with Crippen molar-refractivity contribution < 1.29 is 13.2 Å². The fourth-order valence-electron chi connectivity index (χ4n) is 1.70. The Balaban J connectivity index is 2.28. The highest BCUT2D eigenvalue weighted by Crippen LogP contribution is 2.20. The first-order valence-corrected chi connectivity index (χ1v) is 7.57. The summed E-state index contributed by atoms with van der Waals surface area (Å²) in [6.45, 7) is 2.33. The highest BCUT2D eigenvalue weighted by molar-refractivity contribution is 7.92. The Hall–Kier alpha value is -2.55. The Labute approximate surface area is 121 Å². The van der Waals surface area contributed by atoms with Gasteiger partial charge < -0.3 is 11.5 Å². The number of aryl methyl sites for hydroxylation is 1. The van der Waals surface area contributed by atoms with Crippen molar-refractivity contribution in [3.8, 4) is 0 Å². The fourth-order valence-corrected chi connectivity index (χ4v) is 2.83. The molecule has 0 radical (unpaired) electrons. The van der Waals surface area contributed by atoms with Crippen LogP contribution in [0, 0.1) is 0 Å². The average Bonchev–Trinajstić information content (AvgIpc) is 2.81. The second-order valence-electron chi connectivity index (χ2n) is 4.28. The Kier molecular flexibility index (Phi) is 3.85. The standard InChI is InChI=1S/C12H15N5O3S/c1-2-17-7-10(11(13)15-17)21(19,20)16-9-5-3-8(4-6-9)12(14)18/h3-7,16H,2H2,1H3,(H2,13,15)(H2,14,18). The number of anilines is 2. The maximum Gasteiger partial charge on any atom is 0.267 e. The number of nitrogen functional groups attached to an aromatic ring is 1. The number of primary amides is 1. The number of hydrogen-bond acceptors (Lipinski definition) is 5. The number of carbonyl (C=O) groups excluding carboxylic acids is 1. The molecule has 0 spiro atoms. The van der Waals surface area contributed by atoms with Crippen molar-refractivity contribution in [3.05, 3.63) is 36.0 Å². The zero-order valence-corrected chi connectivity index (χ0v) is 12.1. The van der Waals surface area contributed by atoms with Crippen LogP contribution < -0.4 is 16.2 Å². The van der Waals surface area contributed by atoms with Crippen LogP contribution >= 0.6 is 0 Å². The largest absolute Gasteiger partial charge is 0.381 e. The van der Waals surface area contributed by atoms with Crippen molar-refractivity contribution in [1.82, 2.24) is 9.78 Å². The van der Waals surface area contributed by atoms with Crippen LogP contribution in [-0.2, 0) is 16.6 Å².